The van der Waals surface area contributed by atoms with Crippen molar-refractivity contribution in [1.29, 1.82) is 0 Å². The Morgan fingerprint density at radius 2 is 2.00 bits per heavy atom. The average Bonchev–Trinajstić information content (AvgIpc) is 2.19. The van der Waals surface area contributed by atoms with Crippen LogP contribution in [0.2, 0.25) is 5.02 Å². The molecule has 0 unspecified atom stereocenters. The van der Waals surface area contributed by atoms with Gasteiger partial charge in [0.1, 0.15) is 5.75 Å². The predicted octanol–water partition coefficient (Wildman–Crippen LogP) is 2.91. The number of halogens is 1. The van der Waals surface area contributed by atoms with Crippen molar-refractivity contribution in [3.8, 4) is 16.9 Å². The number of rotatable bonds is 1. The van der Waals surface area contributed by atoms with Crippen molar-refractivity contribution in [3.63, 3.8) is 0 Å². The fraction of sp³-hybridized carbons (Fsp3) is 0. The van der Waals surface area contributed by atoms with E-state index in [2.05, 4.69) is 11.1 Å². The van der Waals surface area contributed by atoms with E-state index in [9.17, 15) is 0 Å². The van der Waals surface area contributed by atoms with Crippen LogP contribution < -0.4 is 0 Å². The maximum absolute atomic E-state index is 9.16. The van der Waals surface area contributed by atoms with Crippen molar-refractivity contribution in [1.82, 2.24) is 4.98 Å². The van der Waals surface area contributed by atoms with Crippen LogP contribution >= 0.6 is 11.6 Å². The molecular weight excluding hydrogens is 198 g/mol. The standard InChI is InChI=1S/C11H7ClNO/c12-11-7-9(14)1-2-10(11)8-3-5-13-6-4-8/h1,3-7,14H. The van der Waals surface area contributed by atoms with Crippen LogP contribution in [0, 0.1) is 6.07 Å². The summed E-state index contributed by atoms with van der Waals surface area (Å²) in [4.78, 5) is 3.91. The van der Waals surface area contributed by atoms with Gasteiger partial charge in [-0.05, 0) is 35.9 Å². The van der Waals surface area contributed by atoms with E-state index in [0.29, 0.717) is 5.02 Å². The van der Waals surface area contributed by atoms with Crippen LogP contribution in [-0.4, -0.2) is 10.1 Å². The molecule has 1 aromatic carbocycles. The highest BCUT2D eigenvalue weighted by Crippen LogP contribution is 2.29. The van der Waals surface area contributed by atoms with Crippen molar-refractivity contribution in [2.24, 2.45) is 0 Å². The fourth-order valence-electron chi connectivity index (χ4n) is 1.20. The number of nitrogens with zero attached hydrogens (tertiary/aromatic N) is 1. The zero-order valence-corrected chi connectivity index (χ0v) is 7.99. The summed E-state index contributed by atoms with van der Waals surface area (Å²) in [6, 6.07) is 9.58. The molecule has 0 saturated heterocycles. The lowest BCUT2D eigenvalue weighted by molar-refractivity contribution is 0.475. The third-order valence-corrected chi connectivity index (χ3v) is 2.14. The Balaban J connectivity index is 2.53. The summed E-state index contributed by atoms with van der Waals surface area (Å²) >= 11 is 5.95. The number of phenolic OH excluding ortho intramolecular Hbond substituents is 1. The van der Waals surface area contributed by atoms with Gasteiger partial charge < -0.3 is 5.11 Å². The third kappa shape index (κ3) is 1.70. The number of pyridine rings is 1. The van der Waals surface area contributed by atoms with Crippen molar-refractivity contribution in [2.45, 2.75) is 0 Å². The van der Waals surface area contributed by atoms with E-state index < -0.39 is 0 Å². The molecule has 1 aromatic heterocycles. The number of hydrogen-bond acceptors (Lipinski definition) is 2. The van der Waals surface area contributed by atoms with Crippen LogP contribution in [0.3, 0.4) is 0 Å². The van der Waals surface area contributed by atoms with Crippen molar-refractivity contribution < 1.29 is 5.11 Å². The zero-order valence-electron chi connectivity index (χ0n) is 7.24. The number of aromatic nitrogens is 1. The third-order valence-electron chi connectivity index (χ3n) is 1.85. The van der Waals surface area contributed by atoms with Crippen molar-refractivity contribution in [3.05, 3.63) is 47.7 Å². The van der Waals surface area contributed by atoms with Gasteiger partial charge in [0.2, 0.25) is 0 Å². The number of aromatic hydroxyl groups is 1. The molecule has 69 valence electrons. The van der Waals surface area contributed by atoms with E-state index in [1.54, 1.807) is 12.4 Å². The van der Waals surface area contributed by atoms with E-state index in [1.165, 1.54) is 12.1 Å². The molecule has 1 N–H and O–H groups in total. The molecule has 0 saturated carbocycles. The van der Waals surface area contributed by atoms with Crippen LogP contribution in [-0.2, 0) is 0 Å². The van der Waals surface area contributed by atoms with Gasteiger partial charge in [-0.3, -0.25) is 4.98 Å². The van der Waals surface area contributed by atoms with Crippen LogP contribution in [0.4, 0.5) is 0 Å². The van der Waals surface area contributed by atoms with E-state index >= 15 is 0 Å². The Kier molecular flexibility index (Phi) is 2.37. The summed E-state index contributed by atoms with van der Waals surface area (Å²) in [7, 11) is 0. The Hall–Kier alpha value is -1.54. The first-order valence-corrected chi connectivity index (χ1v) is 4.46. The van der Waals surface area contributed by atoms with E-state index in [-0.39, 0.29) is 5.75 Å². The van der Waals surface area contributed by atoms with Gasteiger partial charge in [0.05, 0.1) is 5.02 Å². The van der Waals surface area contributed by atoms with Crippen LogP contribution in [0.25, 0.3) is 11.1 Å². The monoisotopic (exact) mass is 204 g/mol. The van der Waals surface area contributed by atoms with Crippen molar-refractivity contribution >= 4 is 11.6 Å². The summed E-state index contributed by atoms with van der Waals surface area (Å²) in [6.07, 6.45) is 3.37. The van der Waals surface area contributed by atoms with Gasteiger partial charge in [-0.15, -0.1) is 0 Å². The van der Waals surface area contributed by atoms with Gasteiger partial charge in [0.15, 0.2) is 0 Å². The molecule has 0 atom stereocenters. The minimum Gasteiger partial charge on any atom is -0.508 e. The molecule has 0 bridgehead atoms. The Labute approximate surface area is 86.8 Å². The fourth-order valence-corrected chi connectivity index (χ4v) is 1.47. The van der Waals surface area contributed by atoms with Gasteiger partial charge in [-0.25, -0.2) is 0 Å². The molecule has 0 aliphatic carbocycles. The number of phenols is 1. The van der Waals surface area contributed by atoms with Gasteiger partial charge in [-0.1, -0.05) is 11.6 Å². The molecule has 2 rings (SSSR count). The molecule has 0 spiro atoms. The van der Waals surface area contributed by atoms with Crippen LogP contribution in [0.1, 0.15) is 0 Å². The highest BCUT2D eigenvalue weighted by atomic mass is 35.5. The minimum atomic E-state index is 0.118. The highest BCUT2D eigenvalue weighted by Gasteiger charge is 2.03. The first-order valence-electron chi connectivity index (χ1n) is 4.08. The summed E-state index contributed by atoms with van der Waals surface area (Å²) in [5.74, 6) is 0.118. The predicted molar refractivity (Wildman–Crippen MR) is 55.2 cm³/mol. The van der Waals surface area contributed by atoms with Gasteiger partial charge in [-0.2, -0.15) is 0 Å². The molecule has 0 fully saturated rings. The average molecular weight is 205 g/mol. The Morgan fingerprint density at radius 1 is 1.29 bits per heavy atom. The van der Waals surface area contributed by atoms with Gasteiger partial charge in [0.25, 0.3) is 0 Å². The normalized spacial score (nSPS) is 10.1. The van der Waals surface area contributed by atoms with Crippen molar-refractivity contribution in [2.75, 3.05) is 0 Å². The Morgan fingerprint density at radius 3 is 2.64 bits per heavy atom. The summed E-state index contributed by atoms with van der Waals surface area (Å²) < 4.78 is 0. The molecule has 14 heavy (non-hydrogen) atoms. The smallest absolute Gasteiger partial charge is 0.117 e. The second-order valence-corrected chi connectivity index (χ2v) is 3.22. The Bertz CT molecular complexity index is 442. The van der Waals surface area contributed by atoms with E-state index in [1.807, 2.05) is 12.1 Å². The first-order chi connectivity index (χ1) is 6.77. The molecule has 3 heteroatoms. The molecule has 2 aromatic rings. The second-order valence-electron chi connectivity index (χ2n) is 2.82. The first kappa shape index (κ1) is 9.03. The van der Waals surface area contributed by atoms with Crippen LogP contribution in [0.15, 0.2) is 36.7 Å². The number of benzene rings is 1. The molecule has 1 radical (unpaired) electrons. The molecule has 0 aliphatic rings. The second kappa shape index (κ2) is 3.68. The largest absolute Gasteiger partial charge is 0.508 e. The van der Waals surface area contributed by atoms with E-state index in [0.717, 1.165) is 11.1 Å². The lowest BCUT2D eigenvalue weighted by Gasteiger charge is -2.03. The zero-order chi connectivity index (χ0) is 9.97. The number of hydrogen-bond donors (Lipinski definition) is 1. The van der Waals surface area contributed by atoms with E-state index in [4.69, 9.17) is 16.7 Å². The summed E-state index contributed by atoms with van der Waals surface area (Å²) in [5.41, 5.74) is 1.71. The molecule has 0 aliphatic heterocycles. The molecule has 2 nitrogen and oxygen atoms in total. The minimum absolute atomic E-state index is 0.118. The lowest BCUT2D eigenvalue weighted by atomic mass is 10.1. The molecule has 0 amide bonds. The summed E-state index contributed by atoms with van der Waals surface area (Å²) in [6.45, 7) is 0. The lowest BCUT2D eigenvalue weighted by Crippen LogP contribution is -1.80. The maximum Gasteiger partial charge on any atom is 0.117 e. The topological polar surface area (TPSA) is 33.1 Å². The van der Waals surface area contributed by atoms with Gasteiger partial charge in [0, 0.05) is 18.0 Å². The maximum atomic E-state index is 9.16. The highest BCUT2D eigenvalue weighted by molar-refractivity contribution is 6.33. The quantitative estimate of drug-likeness (QED) is 0.775. The van der Waals surface area contributed by atoms with Gasteiger partial charge >= 0.3 is 0 Å². The molecular formula is C11H7ClNO. The van der Waals surface area contributed by atoms with Crippen LogP contribution in [0.5, 0.6) is 5.75 Å². The summed E-state index contributed by atoms with van der Waals surface area (Å²) in [5, 5.41) is 9.64. The SMILES string of the molecule is Oc1c[c]c(-c2ccncc2)c(Cl)c1. The molecule has 1 heterocycles.